The summed E-state index contributed by atoms with van der Waals surface area (Å²) in [6, 6.07) is 10.8. The van der Waals surface area contributed by atoms with Crippen molar-refractivity contribution in [3.63, 3.8) is 0 Å². The van der Waals surface area contributed by atoms with Crippen LogP contribution in [0.15, 0.2) is 24.3 Å². The van der Waals surface area contributed by atoms with Gasteiger partial charge in [-0.2, -0.15) is 5.26 Å². The van der Waals surface area contributed by atoms with Gasteiger partial charge in [0.1, 0.15) is 0 Å². The summed E-state index contributed by atoms with van der Waals surface area (Å²) in [7, 11) is 0. The first-order valence-corrected chi connectivity index (χ1v) is 4.89. The van der Waals surface area contributed by atoms with Crippen molar-refractivity contribution in [1.29, 1.82) is 5.26 Å². The van der Waals surface area contributed by atoms with E-state index in [0.29, 0.717) is 0 Å². The summed E-state index contributed by atoms with van der Waals surface area (Å²) in [5.41, 5.74) is 2.65. The molecule has 0 aromatic heterocycles. The zero-order valence-corrected chi connectivity index (χ0v) is 7.66. The Labute approximate surface area is 79.0 Å². The van der Waals surface area contributed by atoms with Crippen molar-refractivity contribution in [3.05, 3.63) is 35.4 Å². The third-order valence-electron chi connectivity index (χ3n) is 2.78. The van der Waals surface area contributed by atoms with E-state index in [2.05, 4.69) is 24.3 Å². The van der Waals surface area contributed by atoms with Crippen molar-refractivity contribution in [2.24, 2.45) is 0 Å². The Hall–Kier alpha value is -1.29. The van der Waals surface area contributed by atoms with Crippen LogP contribution in [0.4, 0.5) is 0 Å². The third-order valence-corrected chi connectivity index (χ3v) is 2.78. The van der Waals surface area contributed by atoms with Gasteiger partial charge >= 0.3 is 0 Å². The summed E-state index contributed by atoms with van der Waals surface area (Å²) in [6.07, 6.45) is 4.60. The average Bonchev–Trinajstić information content (AvgIpc) is 2.39. The molecule has 2 rings (SSSR count). The second kappa shape index (κ2) is 3.62. The van der Waals surface area contributed by atoms with Crippen LogP contribution in [-0.2, 0) is 6.42 Å². The molecule has 1 aliphatic rings. The highest BCUT2D eigenvalue weighted by Crippen LogP contribution is 2.29. The molecule has 0 heterocycles. The van der Waals surface area contributed by atoms with Gasteiger partial charge in [-0.05, 0) is 30.4 Å². The van der Waals surface area contributed by atoms with Crippen molar-refractivity contribution in [3.8, 4) is 6.07 Å². The van der Waals surface area contributed by atoms with Crippen molar-refractivity contribution >= 4 is 0 Å². The monoisotopic (exact) mass is 171 g/mol. The van der Waals surface area contributed by atoms with Gasteiger partial charge in [0.25, 0.3) is 0 Å². The maximum atomic E-state index is 9.01. The van der Waals surface area contributed by atoms with E-state index in [4.69, 9.17) is 5.26 Å². The van der Waals surface area contributed by atoms with E-state index in [9.17, 15) is 0 Å². The second-order valence-corrected chi connectivity index (χ2v) is 3.63. The van der Waals surface area contributed by atoms with Crippen LogP contribution >= 0.6 is 0 Å². The number of nitrogens with zero attached hydrogens (tertiary/aromatic N) is 1. The minimum atomic E-state index is 0.138. The second-order valence-electron chi connectivity index (χ2n) is 3.63. The summed E-state index contributed by atoms with van der Waals surface area (Å²) in [4.78, 5) is 0. The highest BCUT2D eigenvalue weighted by Gasteiger charge is 2.16. The van der Waals surface area contributed by atoms with Crippen LogP contribution in [0.1, 0.15) is 36.3 Å². The van der Waals surface area contributed by atoms with Crippen LogP contribution in [-0.4, -0.2) is 0 Å². The quantitative estimate of drug-likeness (QED) is 0.550. The Morgan fingerprint density at radius 2 is 2.08 bits per heavy atom. The molecule has 0 bridgehead atoms. The van der Waals surface area contributed by atoms with E-state index in [1.807, 2.05) is 6.07 Å². The Morgan fingerprint density at radius 3 is 2.92 bits per heavy atom. The molecule has 0 amide bonds. The average molecular weight is 171 g/mol. The lowest BCUT2D eigenvalue weighted by Crippen LogP contribution is -1.96. The number of benzene rings is 1. The molecule has 0 aliphatic heterocycles. The van der Waals surface area contributed by atoms with Crippen molar-refractivity contribution in [1.82, 2.24) is 0 Å². The standard InChI is InChI=1S/C12H13N/c13-9-11-7-2-1-5-10-6-3-4-8-12(10)11/h3-4,6,8,11H,1-2,5,7H2. The molecule has 66 valence electrons. The van der Waals surface area contributed by atoms with Gasteiger partial charge in [0.15, 0.2) is 0 Å². The molecule has 0 saturated heterocycles. The SMILES string of the molecule is N#CC1CCCCc2ccccc21. The highest BCUT2D eigenvalue weighted by molar-refractivity contribution is 5.34. The molecule has 1 aromatic rings. The molecular formula is C12H13N. The predicted octanol–water partition coefficient (Wildman–Crippen LogP) is 3.02. The topological polar surface area (TPSA) is 23.8 Å². The first kappa shape index (κ1) is 8.31. The third kappa shape index (κ3) is 1.58. The molecule has 0 saturated carbocycles. The lowest BCUT2D eigenvalue weighted by atomic mass is 9.94. The van der Waals surface area contributed by atoms with Gasteiger partial charge in [0, 0.05) is 0 Å². The van der Waals surface area contributed by atoms with Crippen LogP contribution in [0.5, 0.6) is 0 Å². The molecule has 1 unspecified atom stereocenters. The van der Waals surface area contributed by atoms with Crippen molar-refractivity contribution in [2.45, 2.75) is 31.6 Å². The fourth-order valence-corrected chi connectivity index (χ4v) is 2.06. The summed E-state index contributed by atoms with van der Waals surface area (Å²) >= 11 is 0. The highest BCUT2D eigenvalue weighted by atomic mass is 14.3. The summed E-state index contributed by atoms with van der Waals surface area (Å²) < 4.78 is 0. The van der Waals surface area contributed by atoms with E-state index in [-0.39, 0.29) is 5.92 Å². The first-order valence-electron chi connectivity index (χ1n) is 4.89. The van der Waals surface area contributed by atoms with Crippen LogP contribution < -0.4 is 0 Å². The van der Waals surface area contributed by atoms with Crippen LogP contribution in [0, 0.1) is 11.3 Å². The first-order chi connectivity index (χ1) is 6.42. The van der Waals surface area contributed by atoms with E-state index >= 15 is 0 Å². The maximum Gasteiger partial charge on any atom is 0.0715 e. The Bertz CT molecular complexity index is 335. The zero-order chi connectivity index (χ0) is 9.10. The van der Waals surface area contributed by atoms with E-state index < -0.39 is 0 Å². The van der Waals surface area contributed by atoms with Crippen molar-refractivity contribution in [2.75, 3.05) is 0 Å². The van der Waals surface area contributed by atoms with Crippen LogP contribution in [0.2, 0.25) is 0 Å². The van der Waals surface area contributed by atoms with Crippen LogP contribution in [0.25, 0.3) is 0 Å². The number of aryl methyl sites for hydroxylation is 1. The molecule has 1 heteroatoms. The minimum Gasteiger partial charge on any atom is -0.198 e. The minimum absolute atomic E-state index is 0.138. The number of hydrogen-bond donors (Lipinski definition) is 0. The molecule has 0 N–H and O–H groups in total. The van der Waals surface area contributed by atoms with Gasteiger partial charge in [-0.3, -0.25) is 0 Å². The fourth-order valence-electron chi connectivity index (χ4n) is 2.06. The Balaban J connectivity index is 2.43. The van der Waals surface area contributed by atoms with Gasteiger partial charge in [0.2, 0.25) is 0 Å². The molecule has 0 fully saturated rings. The lowest BCUT2D eigenvalue weighted by Gasteiger charge is -2.08. The molecular weight excluding hydrogens is 158 g/mol. The van der Waals surface area contributed by atoms with Gasteiger partial charge in [-0.15, -0.1) is 0 Å². The number of fused-ring (bicyclic) bond motifs is 1. The summed E-state index contributed by atoms with van der Waals surface area (Å²) in [5.74, 6) is 0.138. The summed E-state index contributed by atoms with van der Waals surface area (Å²) in [5, 5.41) is 9.01. The van der Waals surface area contributed by atoms with Gasteiger partial charge in [0.05, 0.1) is 12.0 Å². The molecule has 1 nitrogen and oxygen atoms in total. The molecule has 0 radical (unpaired) electrons. The van der Waals surface area contributed by atoms with E-state index in [0.717, 1.165) is 12.8 Å². The number of nitriles is 1. The summed E-state index contributed by atoms with van der Waals surface area (Å²) in [6.45, 7) is 0. The molecule has 0 spiro atoms. The zero-order valence-electron chi connectivity index (χ0n) is 7.66. The molecule has 1 aliphatic carbocycles. The van der Waals surface area contributed by atoms with Crippen molar-refractivity contribution < 1.29 is 0 Å². The Kier molecular flexibility index (Phi) is 2.31. The lowest BCUT2D eigenvalue weighted by molar-refractivity contribution is 0.676. The van der Waals surface area contributed by atoms with Gasteiger partial charge < -0.3 is 0 Å². The molecule has 1 atom stereocenters. The molecule has 13 heavy (non-hydrogen) atoms. The Morgan fingerprint density at radius 1 is 1.23 bits per heavy atom. The smallest absolute Gasteiger partial charge is 0.0715 e. The normalized spacial score (nSPS) is 21.3. The van der Waals surface area contributed by atoms with Gasteiger partial charge in [-0.25, -0.2) is 0 Å². The predicted molar refractivity (Wildman–Crippen MR) is 52.4 cm³/mol. The number of rotatable bonds is 0. The largest absolute Gasteiger partial charge is 0.198 e. The van der Waals surface area contributed by atoms with E-state index in [1.54, 1.807) is 0 Å². The maximum absolute atomic E-state index is 9.01. The number of hydrogen-bond acceptors (Lipinski definition) is 1. The van der Waals surface area contributed by atoms with Gasteiger partial charge in [-0.1, -0.05) is 30.7 Å². The van der Waals surface area contributed by atoms with E-state index in [1.165, 1.54) is 24.0 Å². The fraction of sp³-hybridized carbons (Fsp3) is 0.417. The van der Waals surface area contributed by atoms with Crippen LogP contribution in [0.3, 0.4) is 0 Å². The molecule has 1 aromatic carbocycles.